The fourth-order valence-electron chi connectivity index (χ4n) is 3.98. The van der Waals surface area contributed by atoms with Gasteiger partial charge in [-0.1, -0.05) is 18.2 Å². The van der Waals surface area contributed by atoms with Crippen LogP contribution in [0.2, 0.25) is 0 Å². The molecule has 0 fully saturated rings. The molecule has 0 saturated heterocycles. The van der Waals surface area contributed by atoms with Gasteiger partial charge in [0.05, 0.1) is 16.9 Å². The number of anilines is 2. The van der Waals surface area contributed by atoms with E-state index in [-0.39, 0.29) is 16.1 Å². The number of nitrogens with one attached hydrogen (secondary N) is 2. The average molecular weight is 446 g/mol. The number of aromatic carboxylic acids is 1. The zero-order valence-corrected chi connectivity index (χ0v) is 19.0. The maximum absolute atomic E-state index is 13.2. The number of unbranched alkanes of at least 4 members (excludes halogenated alkanes) is 1. The van der Waals surface area contributed by atoms with Crippen molar-refractivity contribution in [3.8, 4) is 0 Å². The van der Waals surface area contributed by atoms with E-state index in [1.54, 1.807) is 24.3 Å². The molecule has 2 aromatic carbocycles. The molecule has 1 aliphatic rings. The minimum Gasteiger partial charge on any atom is -0.478 e. The van der Waals surface area contributed by atoms with Crippen LogP contribution in [-0.4, -0.2) is 51.6 Å². The second-order valence-electron chi connectivity index (χ2n) is 8.18. The number of carboxylic acid groups (broad SMARTS) is 1. The van der Waals surface area contributed by atoms with E-state index in [1.807, 2.05) is 20.2 Å². The van der Waals surface area contributed by atoms with Gasteiger partial charge in [-0.25, -0.2) is 13.2 Å². The zero-order valence-electron chi connectivity index (χ0n) is 18.1. The van der Waals surface area contributed by atoms with Crippen molar-refractivity contribution in [1.29, 1.82) is 0 Å². The first-order chi connectivity index (χ1) is 14.8. The van der Waals surface area contributed by atoms with E-state index in [0.29, 0.717) is 18.7 Å². The number of nitrogens with zero attached hydrogens (tertiary/aromatic N) is 1. The SMILES string of the molecule is CN(C)CCCCNc1ccccc1S(=O)(=O)Nc1ccc2c(c1C(=O)O)CCCC2. The number of hydrogen-bond donors (Lipinski definition) is 3. The molecular weight excluding hydrogens is 414 g/mol. The molecule has 0 heterocycles. The van der Waals surface area contributed by atoms with Crippen molar-refractivity contribution >= 4 is 27.4 Å². The van der Waals surface area contributed by atoms with Crippen LogP contribution in [-0.2, 0) is 22.9 Å². The van der Waals surface area contributed by atoms with Crippen molar-refractivity contribution in [3.05, 3.63) is 53.1 Å². The molecule has 7 nitrogen and oxygen atoms in total. The molecule has 0 radical (unpaired) electrons. The smallest absolute Gasteiger partial charge is 0.338 e. The Balaban J connectivity index is 1.83. The Kier molecular flexibility index (Phi) is 7.56. The minimum absolute atomic E-state index is 0.0647. The van der Waals surface area contributed by atoms with E-state index in [0.717, 1.165) is 49.8 Å². The molecule has 31 heavy (non-hydrogen) atoms. The topological polar surface area (TPSA) is 98.7 Å². The van der Waals surface area contributed by atoms with Crippen LogP contribution in [0.3, 0.4) is 0 Å². The number of sulfonamides is 1. The van der Waals surface area contributed by atoms with E-state index in [4.69, 9.17) is 0 Å². The average Bonchev–Trinajstić information content (AvgIpc) is 2.73. The first-order valence-electron chi connectivity index (χ1n) is 10.7. The van der Waals surface area contributed by atoms with E-state index >= 15 is 0 Å². The molecule has 0 aliphatic heterocycles. The Labute approximate surface area is 184 Å². The Morgan fingerprint density at radius 3 is 2.52 bits per heavy atom. The third-order valence-electron chi connectivity index (χ3n) is 5.52. The van der Waals surface area contributed by atoms with Gasteiger partial charge in [0.15, 0.2) is 0 Å². The van der Waals surface area contributed by atoms with Crippen molar-refractivity contribution in [2.24, 2.45) is 0 Å². The van der Waals surface area contributed by atoms with Crippen LogP contribution in [0.4, 0.5) is 11.4 Å². The van der Waals surface area contributed by atoms with Crippen molar-refractivity contribution in [3.63, 3.8) is 0 Å². The molecule has 0 bridgehead atoms. The van der Waals surface area contributed by atoms with Gasteiger partial charge in [-0.05, 0) is 88.5 Å². The second-order valence-corrected chi connectivity index (χ2v) is 9.83. The maximum Gasteiger partial charge on any atom is 0.338 e. The van der Waals surface area contributed by atoms with Gasteiger partial charge in [0.25, 0.3) is 10.0 Å². The summed E-state index contributed by atoms with van der Waals surface area (Å²) in [5.74, 6) is -1.11. The van der Waals surface area contributed by atoms with Gasteiger partial charge in [0, 0.05) is 6.54 Å². The standard InChI is InChI=1S/C23H31N3O4S/c1-26(2)16-8-7-15-24-19-11-5-6-12-21(19)31(29,30)25-20-14-13-17-9-3-4-10-18(17)22(20)23(27)28/h5-6,11-14,24-25H,3-4,7-10,15-16H2,1-2H3,(H,27,28). The Morgan fingerprint density at radius 2 is 1.77 bits per heavy atom. The summed E-state index contributed by atoms with van der Waals surface area (Å²) in [6, 6.07) is 10.1. The summed E-state index contributed by atoms with van der Waals surface area (Å²) < 4.78 is 28.9. The number of benzene rings is 2. The zero-order chi connectivity index (χ0) is 22.4. The molecule has 0 unspecified atom stereocenters. The Morgan fingerprint density at radius 1 is 1.03 bits per heavy atom. The van der Waals surface area contributed by atoms with E-state index in [2.05, 4.69) is 14.9 Å². The fourth-order valence-corrected chi connectivity index (χ4v) is 5.24. The second kappa shape index (κ2) is 10.2. The Hall–Kier alpha value is -2.58. The molecule has 2 aromatic rings. The van der Waals surface area contributed by atoms with E-state index in [9.17, 15) is 18.3 Å². The lowest BCUT2D eigenvalue weighted by molar-refractivity contribution is 0.0696. The summed E-state index contributed by atoms with van der Waals surface area (Å²) in [4.78, 5) is 14.2. The molecule has 3 rings (SSSR count). The molecule has 1 aliphatic carbocycles. The van der Waals surface area contributed by atoms with Crippen molar-refractivity contribution < 1.29 is 18.3 Å². The number of aryl methyl sites for hydroxylation is 1. The summed E-state index contributed by atoms with van der Waals surface area (Å²) >= 11 is 0. The lowest BCUT2D eigenvalue weighted by atomic mass is 9.87. The minimum atomic E-state index is -3.97. The first-order valence-corrected chi connectivity index (χ1v) is 12.2. The molecule has 0 atom stereocenters. The predicted molar refractivity (Wildman–Crippen MR) is 124 cm³/mol. The molecule has 0 aromatic heterocycles. The van der Waals surface area contributed by atoms with Crippen molar-refractivity contribution in [2.75, 3.05) is 37.2 Å². The summed E-state index contributed by atoms with van der Waals surface area (Å²) in [6.45, 7) is 1.62. The van der Waals surface area contributed by atoms with E-state index < -0.39 is 16.0 Å². The van der Waals surface area contributed by atoms with Crippen LogP contribution in [0.5, 0.6) is 0 Å². The number of fused-ring (bicyclic) bond motifs is 1. The fraction of sp³-hybridized carbons (Fsp3) is 0.435. The van der Waals surface area contributed by atoms with Gasteiger partial charge in [-0.3, -0.25) is 4.72 Å². The third-order valence-corrected chi connectivity index (χ3v) is 6.94. The lowest BCUT2D eigenvalue weighted by Gasteiger charge is -2.21. The highest BCUT2D eigenvalue weighted by Gasteiger charge is 2.25. The van der Waals surface area contributed by atoms with Crippen molar-refractivity contribution in [1.82, 2.24) is 4.90 Å². The van der Waals surface area contributed by atoms with Gasteiger partial charge in [0.1, 0.15) is 4.90 Å². The summed E-state index contributed by atoms with van der Waals surface area (Å²) in [5, 5.41) is 13.0. The quantitative estimate of drug-likeness (QED) is 0.481. The Bertz CT molecular complexity index is 1040. The first kappa shape index (κ1) is 23.1. The van der Waals surface area contributed by atoms with Crippen LogP contribution >= 0.6 is 0 Å². The third kappa shape index (κ3) is 5.77. The summed E-state index contributed by atoms with van der Waals surface area (Å²) in [5.41, 5.74) is 2.43. The number of rotatable bonds is 10. The molecule has 3 N–H and O–H groups in total. The van der Waals surface area contributed by atoms with Crippen LogP contribution in [0, 0.1) is 0 Å². The van der Waals surface area contributed by atoms with Gasteiger partial charge < -0.3 is 15.3 Å². The van der Waals surface area contributed by atoms with Gasteiger partial charge in [-0.2, -0.15) is 0 Å². The van der Waals surface area contributed by atoms with Crippen LogP contribution < -0.4 is 10.0 Å². The van der Waals surface area contributed by atoms with Crippen LogP contribution in [0.25, 0.3) is 0 Å². The van der Waals surface area contributed by atoms with Gasteiger partial charge >= 0.3 is 5.97 Å². The number of carboxylic acids is 1. The van der Waals surface area contributed by atoms with Gasteiger partial charge in [-0.15, -0.1) is 0 Å². The lowest BCUT2D eigenvalue weighted by Crippen LogP contribution is -2.20. The van der Waals surface area contributed by atoms with Crippen LogP contribution in [0.1, 0.15) is 47.2 Å². The largest absolute Gasteiger partial charge is 0.478 e. The van der Waals surface area contributed by atoms with Gasteiger partial charge in [0.2, 0.25) is 0 Å². The molecule has 0 spiro atoms. The molecule has 168 valence electrons. The predicted octanol–water partition coefficient (Wildman–Crippen LogP) is 3.82. The highest BCUT2D eigenvalue weighted by Crippen LogP contribution is 2.32. The normalized spacial score (nSPS) is 13.6. The number of hydrogen-bond acceptors (Lipinski definition) is 5. The number of para-hydroxylation sites is 1. The highest BCUT2D eigenvalue weighted by molar-refractivity contribution is 7.92. The van der Waals surface area contributed by atoms with Crippen molar-refractivity contribution in [2.45, 2.75) is 43.4 Å². The maximum atomic E-state index is 13.2. The summed E-state index contributed by atoms with van der Waals surface area (Å²) in [6.07, 6.45) is 5.31. The molecule has 8 heteroatoms. The highest BCUT2D eigenvalue weighted by atomic mass is 32.2. The number of carbonyl (C=O) groups is 1. The summed E-state index contributed by atoms with van der Waals surface area (Å²) in [7, 11) is 0.0751. The molecular formula is C23H31N3O4S. The van der Waals surface area contributed by atoms with Crippen LogP contribution in [0.15, 0.2) is 41.3 Å². The monoisotopic (exact) mass is 445 g/mol. The van der Waals surface area contributed by atoms with E-state index in [1.165, 1.54) is 6.07 Å². The molecule has 0 amide bonds. The molecule has 0 saturated carbocycles.